The normalized spacial score (nSPS) is 12.4. The Labute approximate surface area is 138 Å². The molecule has 0 saturated heterocycles. The second-order valence-electron chi connectivity index (χ2n) is 5.07. The van der Waals surface area contributed by atoms with E-state index in [9.17, 15) is 26.4 Å². The van der Waals surface area contributed by atoms with Gasteiger partial charge in [0, 0.05) is 25.9 Å². The van der Waals surface area contributed by atoms with Gasteiger partial charge in [-0.1, -0.05) is 6.07 Å². The second-order valence-corrected chi connectivity index (χ2v) is 7.05. The summed E-state index contributed by atoms with van der Waals surface area (Å²) in [5.74, 6) is -0.725. The number of hydrogen-bond donors (Lipinski definition) is 1. The summed E-state index contributed by atoms with van der Waals surface area (Å²) in [5.41, 5.74) is -0.958. The number of methoxy groups -OCH3 is 1. The molecule has 0 aliphatic carbocycles. The summed E-state index contributed by atoms with van der Waals surface area (Å²) < 4.78 is 67.0. The predicted octanol–water partition coefficient (Wildman–Crippen LogP) is 1.94. The molecule has 0 radical (unpaired) electrons. The molecule has 10 heteroatoms. The standard InChI is InChI=1S/C14H19F3N2O4S/c1-23-8-4-7-19(24(2,21)22)10-13(20)18-12-6-3-5-11(9-12)14(15,16)17/h3,5-6,9H,4,7-8,10H2,1-2H3,(H,18,20). The third-order valence-electron chi connectivity index (χ3n) is 3.02. The number of anilines is 1. The van der Waals surface area contributed by atoms with Crippen LogP contribution in [0.4, 0.5) is 18.9 Å². The van der Waals surface area contributed by atoms with Crippen LogP contribution in [-0.2, 0) is 25.7 Å². The minimum absolute atomic E-state index is 0.0554. The van der Waals surface area contributed by atoms with Crippen LogP contribution < -0.4 is 5.32 Å². The molecule has 1 aromatic rings. The van der Waals surface area contributed by atoms with Crippen molar-refractivity contribution in [2.24, 2.45) is 0 Å². The topological polar surface area (TPSA) is 75.7 Å². The molecular formula is C14H19F3N2O4S. The van der Waals surface area contributed by atoms with Gasteiger partial charge >= 0.3 is 6.18 Å². The Morgan fingerprint density at radius 2 is 2.00 bits per heavy atom. The molecular weight excluding hydrogens is 349 g/mol. The number of carbonyl (C=O) groups excluding carboxylic acids is 1. The Kier molecular flexibility index (Phi) is 7.18. The molecule has 0 spiro atoms. The molecule has 0 fully saturated rings. The van der Waals surface area contributed by atoms with Crippen LogP contribution in [0.5, 0.6) is 0 Å². The number of sulfonamides is 1. The highest BCUT2D eigenvalue weighted by Gasteiger charge is 2.30. The molecule has 0 bridgehead atoms. The van der Waals surface area contributed by atoms with E-state index in [0.717, 1.165) is 28.8 Å². The molecule has 0 atom stereocenters. The van der Waals surface area contributed by atoms with Crippen molar-refractivity contribution in [2.75, 3.05) is 38.4 Å². The van der Waals surface area contributed by atoms with Gasteiger partial charge < -0.3 is 10.1 Å². The van der Waals surface area contributed by atoms with E-state index in [2.05, 4.69) is 5.32 Å². The minimum Gasteiger partial charge on any atom is -0.385 e. The van der Waals surface area contributed by atoms with Crippen molar-refractivity contribution in [1.82, 2.24) is 4.31 Å². The van der Waals surface area contributed by atoms with Gasteiger partial charge in [0.1, 0.15) is 0 Å². The zero-order valence-corrected chi connectivity index (χ0v) is 14.1. The van der Waals surface area contributed by atoms with Crippen molar-refractivity contribution in [2.45, 2.75) is 12.6 Å². The van der Waals surface area contributed by atoms with Crippen LogP contribution in [0.1, 0.15) is 12.0 Å². The third kappa shape index (κ3) is 6.85. The van der Waals surface area contributed by atoms with E-state index in [1.807, 2.05) is 0 Å². The molecule has 0 unspecified atom stereocenters. The molecule has 1 aromatic carbocycles. The van der Waals surface area contributed by atoms with Gasteiger partial charge in [-0.3, -0.25) is 4.79 Å². The molecule has 1 rings (SSSR count). The lowest BCUT2D eigenvalue weighted by molar-refractivity contribution is -0.137. The maximum absolute atomic E-state index is 12.6. The summed E-state index contributed by atoms with van der Waals surface area (Å²) >= 11 is 0. The lowest BCUT2D eigenvalue weighted by Gasteiger charge is -2.19. The summed E-state index contributed by atoms with van der Waals surface area (Å²) in [6.07, 6.45) is -3.18. The summed E-state index contributed by atoms with van der Waals surface area (Å²) in [6, 6.07) is 4.12. The van der Waals surface area contributed by atoms with Crippen molar-refractivity contribution in [3.63, 3.8) is 0 Å². The highest BCUT2D eigenvalue weighted by atomic mass is 32.2. The Balaban J connectivity index is 2.76. The number of benzene rings is 1. The lowest BCUT2D eigenvalue weighted by Crippen LogP contribution is -2.38. The molecule has 1 N–H and O–H groups in total. The molecule has 0 heterocycles. The van der Waals surface area contributed by atoms with E-state index >= 15 is 0 Å². The highest BCUT2D eigenvalue weighted by molar-refractivity contribution is 7.88. The maximum atomic E-state index is 12.6. The summed E-state index contributed by atoms with van der Waals surface area (Å²) in [4.78, 5) is 11.9. The van der Waals surface area contributed by atoms with E-state index in [4.69, 9.17) is 4.74 Å². The zero-order valence-electron chi connectivity index (χ0n) is 13.3. The van der Waals surface area contributed by atoms with Crippen molar-refractivity contribution < 1.29 is 31.1 Å². The molecule has 24 heavy (non-hydrogen) atoms. The SMILES string of the molecule is COCCCN(CC(=O)Nc1cccc(C(F)(F)F)c1)S(C)(=O)=O. The van der Waals surface area contributed by atoms with Crippen LogP contribution in [0.2, 0.25) is 0 Å². The van der Waals surface area contributed by atoms with Crippen LogP contribution in [-0.4, -0.2) is 51.7 Å². The van der Waals surface area contributed by atoms with Gasteiger partial charge in [0.25, 0.3) is 0 Å². The fourth-order valence-corrected chi connectivity index (χ4v) is 2.69. The summed E-state index contributed by atoms with van der Waals surface area (Å²) in [5, 5.41) is 2.27. The Hall–Kier alpha value is -1.65. The van der Waals surface area contributed by atoms with E-state index in [0.29, 0.717) is 13.0 Å². The smallest absolute Gasteiger partial charge is 0.385 e. The first-order valence-corrected chi connectivity index (χ1v) is 8.80. The van der Waals surface area contributed by atoms with Gasteiger partial charge in [-0.25, -0.2) is 8.42 Å². The van der Waals surface area contributed by atoms with Crippen molar-refractivity contribution >= 4 is 21.6 Å². The Bertz CT molecular complexity index is 662. The summed E-state index contributed by atoms with van der Waals surface area (Å²) in [6.45, 7) is -0.0945. The van der Waals surface area contributed by atoms with Gasteiger partial charge in [-0.2, -0.15) is 17.5 Å². The minimum atomic E-state index is -4.53. The monoisotopic (exact) mass is 368 g/mol. The molecule has 0 aromatic heterocycles. The fraction of sp³-hybridized carbons (Fsp3) is 0.500. The number of alkyl halides is 3. The van der Waals surface area contributed by atoms with Crippen LogP contribution in [0.15, 0.2) is 24.3 Å². The maximum Gasteiger partial charge on any atom is 0.416 e. The quantitative estimate of drug-likeness (QED) is 0.712. The van der Waals surface area contributed by atoms with Crippen molar-refractivity contribution in [3.05, 3.63) is 29.8 Å². The van der Waals surface area contributed by atoms with Gasteiger partial charge in [0.2, 0.25) is 15.9 Å². The van der Waals surface area contributed by atoms with Crippen LogP contribution >= 0.6 is 0 Å². The molecule has 136 valence electrons. The number of hydrogen-bond acceptors (Lipinski definition) is 4. The largest absolute Gasteiger partial charge is 0.416 e. The summed E-state index contributed by atoms with van der Waals surface area (Å²) in [7, 11) is -2.16. The van der Waals surface area contributed by atoms with E-state index in [1.54, 1.807) is 0 Å². The number of nitrogens with zero attached hydrogens (tertiary/aromatic N) is 1. The number of amides is 1. The lowest BCUT2D eigenvalue weighted by atomic mass is 10.2. The first-order valence-electron chi connectivity index (χ1n) is 6.95. The number of halogens is 3. The van der Waals surface area contributed by atoms with Crippen LogP contribution in [0.3, 0.4) is 0 Å². The van der Waals surface area contributed by atoms with E-state index in [-0.39, 0.29) is 12.2 Å². The molecule has 0 aliphatic rings. The van der Waals surface area contributed by atoms with Gasteiger partial charge in [0.15, 0.2) is 0 Å². The third-order valence-corrected chi connectivity index (χ3v) is 4.27. The zero-order chi connectivity index (χ0) is 18.4. The van der Waals surface area contributed by atoms with Crippen molar-refractivity contribution in [3.8, 4) is 0 Å². The highest BCUT2D eigenvalue weighted by Crippen LogP contribution is 2.30. The van der Waals surface area contributed by atoms with Crippen LogP contribution in [0, 0.1) is 0 Å². The molecule has 0 aliphatic heterocycles. The number of nitrogens with one attached hydrogen (secondary N) is 1. The second kappa shape index (κ2) is 8.45. The van der Waals surface area contributed by atoms with Gasteiger partial charge in [0.05, 0.1) is 18.4 Å². The van der Waals surface area contributed by atoms with E-state index < -0.39 is 34.2 Å². The fourth-order valence-electron chi connectivity index (χ4n) is 1.88. The number of rotatable bonds is 8. The average molecular weight is 368 g/mol. The first kappa shape index (κ1) is 20.4. The number of ether oxygens (including phenoxy) is 1. The Morgan fingerprint density at radius 1 is 1.33 bits per heavy atom. The van der Waals surface area contributed by atoms with Crippen molar-refractivity contribution in [1.29, 1.82) is 0 Å². The Morgan fingerprint density at radius 3 is 2.54 bits per heavy atom. The predicted molar refractivity (Wildman–Crippen MR) is 83.0 cm³/mol. The van der Waals surface area contributed by atoms with E-state index in [1.165, 1.54) is 13.2 Å². The molecule has 0 saturated carbocycles. The van der Waals surface area contributed by atoms with Crippen LogP contribution in [0.25, 0.3) is 0 Å². The molecule has 1 amide bonds. The molecule has 6 nitrogen and oxygen atoms in total. The average Bonchev–Trinajstić information content (AvgIpc) is 2.44. The first-order chi connectivity index (χ1) is 11.0. The number of carbonyl (C=O) groups is 1. The van der Waals surface area contributed by atoms with Gasteiger partial charge in [-0.15, -0.1) is 0 Å². The van der Waals surface area contributed by atoms with Gasteiger partial charge in [-0.05, 0) is 24.6 Å².